The van der Waals surface area contributed by atoms with Gasteiger partial charge in [0.1, 0.15) is 5.00 Å². The molecule has 0 aliphatic carbocycles. The summed E-state index contributed by atoms with van der Waals surface area (Å²) in [6.07, 6.45) is 5.21. The SMILES string of the molecule is O=CNOCC[C@@H](Cc1c[nH]c2ccccc12)n1nncc1CN(c1ccc(-c2ccccc2)s1)S(=O)O. The van der Waals surface area contributed by atoms with Crippen LogP contribution in [0.1, 0.15) is 23.7 Å². The lowest BCUT2D eigenvalue weighted by atomic mass is 10.0. The van der Waals surface area contributed by atoms with Gasteiger partial charge < -0.3 is 4.98 Å². The molecule has 38 heavy (non-hydrogen) atoms. The van der Waals surface area contributed by atoms with Gasteiger partial charge in [0.2, 0.25) is 6.41 Å². The van der Waals surface area contributed by atoms with Gasteiger partial charge in [0.15, 0.2) is 0 Å². The number of hydrogen-bond donors (Lipinski definition) is 3. The molecule has 0 radical (unpaired) electrons. The van der Waals surface area contributed by atoms with E-state index >= 15 is 0 Å². The normalized spacial score (nSPS) is 12.9. The summed E-state index contributed by atoms with van der Waals surface area (Å²) in [5.41, 5.74) is 6.08. The molecule has 196 valence electrons. The number of carbonyl (C=O) groups excluding carboxylic acids is 1. The van der Waals surface area contributed by atoms with Gasteiger partial charge >= 0.3 is 0 Å². The number of fused-ring (bicyclic) bond motifs is 1. The number of amides is 1. The highest BCUT2D eigenvalue weighted by molar-refractivity contribution is 7.81. The first-order valence-corrected chi connectivity index (χ1v) is 13.8. The minimum atomic E-state index is -2.27. The number of rotatable bonds is 13. The number of H-pyrrole nitrogens is 1. The van der Waals surface area contributed by atoms with E-state index in [1.165, 1.54) is 15.6 Å². The van der Waals surface area contributed by atoms with Crippen molar-refractivity contribution in [2.75, 3.05) is 10.9 Å². The van der Waals surface area contributed by atoms with Crippen molar-refractivity contribution in [2.24, 2.45) is 0 Å². The Hall–Kier alpha value is -3.84. The Morgan fingerprint density at radius 1 is 1.16 bits per heavy atom. The van der Waals surface area contributed by atoms with Gasteiger partial charge in [-0.1, -0.05) is 53.7 Å². The molecule has 10 nitrogen and oxygen atoms in total. The van der Waals surface area contributed by atoms with Gasteiger partial charge in [-0.2, -0.15) is 0 Å². The Morgan fingerprint density at radius 2 is 1.97 bits per heavy atom. The molecule has 3 N–H and O–H groups in total. The predicted molar refractivity (Wildman–Crippen MR) is 148 cm³/mol. The van der Waals surface area contributed by atoms with Crippen LogP contribution in [0.4, 0.5) is 5.00 Å². The quantitative estimate of drug-likeness (QED) is 0.0859. The zero-order chi connectivity index (χ0) is 26.3. The smallest absolute Gasteiger partial charge is 0.262 e. The third kappa shape index (κ3) is 5.83. The van der Waals surface area contributed by atoms with Gasteiger partial charge in [-0.05, 0) is 42.2 Å². The van der Waals surface area contributed by atoms with Crippen molar-refractivity contribution < 1.29 is 18.4 Å². The number of hydroxylamine groups is 1. The first-order chi connectivity index (χ1) is 18.6. The molecule has 12 heteroatoms. The lowest BCUT2D eigenvalue weighted by molar-refractivity contribution is -0.120. The van der Waals surface area contributed by atoms with Crippen molar-refractivity contribution in [1.82, 2.24) is 25.5 Å². The van der Waals surface area contributed by atoms with Crippen LogP contribution in [0.25, 0.3) is 21.3 Å². The van der Waals surface area contributed by atoms with Gasteiger partial charge in [-0.25, -0.2) is 14.4 Å². The number of thiophene rings is 1. The lowest BCUT2D eigenvalue weighted by Gasteiger charge is -2.22. The molecule has 3 heterocycles. The summed E-state index contributed by atoms with van der Waals surface area (Å²) < 4.78 is 25.8. The lowest BCUT2D eigenvalue weighted by Crippen LogP contribution is -2.27. The Bertz CT molecular complexity index is 1520. The van der Waals surface area contributed by atoms with Crippen molar-refractivity contribution in [3.8, 4) is 10.4 Å². The minimum absolute atomic E-state index is 0.128. The number of anilines is 1. The maximum Gasteiger partial charge on any atom is 0.262 e. The van der Waals surface area contributed by atoms with Crippen molar-refractivity contribution in [1.29, 1.82) is 0 Å². The number of aromatic amines is 1. The second-order valence-electron chi connectivity index (χ2n) is 8.53. The van der Waals surface area contributed by atoms with Gasteiger partial charge in [-0.3, -0.25) is 18.5 Å². The maximum absolute atomic E-state index is 12.4. The molecule has 2 atom stereocenters. The fourth-order valence-corrected chi connectivity index (χ4v) is 6.09. The zero-order valence-corrected chi connectivity index (χ0v) is 21.9. The van der Waals surface area contributed by atoms with Gasteiger partial charge in [0, 0.05) is 22.0 Å². The molecular weight excluding hydrogens is 524 g/mol. The summed E-state index contributed by atoms with van der Waals surface area (Å²) in [6.45, 7) is 0.384. The van der Waals surface area contributed by atoms with E-state index < -0.39 is 11.3 Å². The molecule has 0 aliphatic heterocycles. The first-order valence-electron chi connectivity index (χ1n) is 11.9. The monoisotopic (exact) mass is 550 g/mol. The van der Waals surface area contributed by atoms with Crippen LogP contribution in [0.3, 0.4) is 0 Å². The molecule has 0 bridgehead atoms. The van der Waals surface area contributed by atoms with Crippen LogP contribution < -0.4 is 9.79 Å². The van der Waals surface area contributed by atoms with E-state index in [1.807, 2.05) is 66.9 Å². The highest BCUT2D eigenvalue weighted by atomic mass is 32.2. The summed E-state index contributed by atoms with van der Waals surface area (Å²) in [5.74, 6) is 0. The third-order valence-electron chi connectivity index (χ3n) is 6.20. The average Bonchev–Trinajstić information content (AvgIpc) is 3.70. The van der Waals surface area contributed by atoms with Crippen LogP contribution in [0.5, 0.6) is 0 Å². The summed E-state index contributed by atoms with van der Waals surface area (Å²) >= 11 is -0.825. The van der Waals surface area contributed by atoms with Crippen molar-refractivity contribution >= 4 is 44.9 Å². The van der Waals surface area contributed by atoms with Crippen LogP contribution in [-0.4, -0.2) is 41.8 Å². The van der Waals surface area contributed by atoms with E-state index in [-0.39, 0.29) is 19.2 Å². The first kappa shape index (κ1) is 25.8. The van der Waals surface area contributed by atoms with E-state index in [0.29, 0.717) is 29.9 Å². The van der Waals surface area contributed by atoms with E-state index in [9.17, 15) is 13.6 Å². The maximum atomic E-state index is 12.4. The number of nitrogens with zero attached hydrogens (tertiary/aromatic N) is 4. The number of para-hydroxylation sites is 1. The third-order valence-corrected chi connectivity index (χ3v) is 8.18. The van der Waals surface area contributed by atoms with Crippen LogP contribution in [-0.2, 0) is 33.9 Å². The molecule has 2 aromatic carbocycles. The molecule has 5 aromatic rings. The molecule has 3 aromatic heterocycles. The van der Waals surface area contributed by atoms with E-state index in [0.717, 1.165) is 26.9 Å². The van der Waals surface area contributed by atoms with Crippen molar-refractivity contribution in [3.63, 3.8) is 0 Å². The number of nitrogens with one attached hydrogen (secondary N) is 2. The van der Waals surface area contributed by atoms with Crippen LogP contribution in [0.2, 0.25) is 0 Å². The van der Waals surface area contributed by atoms with Crippen molar-refractivity contribution in [2.45, 2.75) is 25.4 Å². The molecule has 1 amide bonds. The summed E-state index contributed by atoms with van der Waals surface area (Å²) in [5, 5.41) is 10.2. The molecule has 1 unspecified atom stereocenters. The van der Waals surface area contributed by atoms with E-state index in [2.05, 4.69) is 26.8 Å². The second kappa shape index (κ2) is 12.1. The predicted octanol–water partition coefficient (Wildman–Crippen LogP) is 4.48. The fraction of sp³-hybridized carbons (Fsp3) is 0.192. The molecule has 0 saturated carbocycles. The molecule has 0 fully saturated rings. The van der Waals surface area contributed by atoms with Crippen LogP contribution in [0.15, 0.2) is 79.1 Å². The minimum Gasteiger partial charge on any atom is -0.361 e. The Morgan fingerprint density at radius 3 is 2.79 bits per heavy atom. The van der Waals surface area contributed by atoms with Gasteiger partial charge in [-0.15, -0.1) is 16.4 Å². The number of aromatic nitrogens is 4. The molecule has 0 spiro atoms. The Labute approximate surface area is 225 Å². The number of carbonyl (C=O) groups is 1. The number of benzene rings is 2. The highest BCUT2D eigenvalue weighted by Gasteiger charge is 2.23. The fourth-order valence-electron chi connectivity index (χ4n) is 4.42. The average molecular weight is 551 g/mol. The highest BCUT2D eigenvalue weighted by Crippen LogP contribution is 2.35. The largest absolute Gasteiger partial charge is 0.361 e. The van der Waals surface area contributed by atoms with E-state index in [1.54, 1.807) is 10.9 Å². The van der Waals surface area contributed by atoms with Crippen molar-refractivity contribution in [3.05, 3.63) is 90.4 Å². The van der Waals surface area contributed by atoms with Gasteiger partial charge in [0.25, 0.3) is 11.3 Å². The Balaban J connectivity index is 1.41. The topological polar surface area (TPSA) is 125 Å². The molecular formula is C26H26N6O4S2. The van der Waals surface area contributed by atoms with Crippen LogP contribution >= 0.6 is 11.3 Å². The molecule has 0 aliphatic rings. The summed E-state index contributed by atoms with van der Waals surface area (Å²) in [6, 6.07) is 21.5. The standard InChI is InChI=1S/C26H26N6O4S2/c33-18-29-36-13-12-21(14-20-15-27-24-9-5-4-8-23(20)24)32-22(16-28-30-32)17-31(38(34)35)26-11-10-25(37-26)19-6-2-1-3-7-19/h1-11,15-16,18,21,27H,12-14,17H2,(H,29,33)(H,34,35)/t21-/m0/s1. The van der Waals surface area contributed by atoms with E-state index in [4.69, 9.17) is 4.84 Å². The zero-order valence-electron chi connectivity index (χ0n) is 20.3. The van der Waals surface area contributed by atoms with Gasteiger partial charge in [0.05, 0.1) is 31.1 Å². The van der Waals surface area contributed by atoms with Crippen LogP contribution in [0, 0.1) is 0 Å². The molecule has 0 saturated heterocycles. The second-order valence-corrected chi connectivity index (χ2v) is 10.5. The molecule has 5 rings (SSSR count). The summed E-state index contributed by atoms with van der Waals surface area (Å²) in [7, 11) is 0. The summed E-state index contributed by atoms with van der Waals surface area (Å²) in [4.78, 5) is 20.1. The number of hydrogen-bond acceptors (Lipinski definition) is 6. The Kier molecular flexibility index (Phi) is 8.24.